The number of ether oxygens (including phenoxy) is 2. The molecule has 1 aromatic carbocycles. The zero-order valence-corrected chi connectivity index (χ0v) is 9.15. The maximum atomic E-state index is 9.63. The molecule has 84 valence electrons. The van der Waals surface area contributed by atoms with Crippen molar-refractivity contribution in [1.29, 1.82) is 0 Å². The smallest absolute Gasteiger partial charge is 0.203 e. The van der Waals surface area contributed by atoms with Gasteiger partial charge in [-0.3, -0.25) is 0 Å². The number of hydrogen-bond acceptors (Lipinski definition) is 4. The fourth-order valence-electron chi connectivity index (χ4n) is 1.32. The highest BCUT2D eigenvalue weighted by molar-refractivity contribution is 5.53. The number of aliphatic hydroxyl groups excluding tert-OH is 1. The van der Waals surface area contributed by atoms with Gasteiger partial charge >= 0.3 is 0 Å². The van der Waals surface area contributed by atoms with E-state index < -0.39 is 6.10 Å². The molecule has 0 aromatic heterocycles. The van der Waals surface area contributed by atoms with Crippen LogP contribution in [0.25, 0.3) is 0 Å². The number of aromatic hydroxyl groups is 1. The molecule has 0 radical (unpaired) electrons. The third-order valence-electron chi connectivity index (χ3n) is 2.04. The van der Waals surface area contributed by atoms with Crippen LogP contribution in [0.5, 0.6) is 17.2 Å². The van der Waals surface area contributed by atoms with E-state index in [4.69, 9.17) is 9.47 Å². The summed E-state index contributed by atoms with van der Waals surface area (Å²) in [7, 11) is 1.46. The van der Waals surface area contributed by atoms with Crippen molar-refractivity contribution in [3.8, 4) is 17.2 Å². The van der Waals surface area contributed by atoms with Gasteiger partial charge < -0.3 is 19.7 Å². The van der Waals surface area contributed by atoms with Crippen LogP contribution in [0.3, 0.4) is 0 Å². The zero-order valence-electron chi connectivity index (χ0n) is 9.15. The fourth-order valence-corrected chi connectivity index (χ4v) is 1.32. The van der Waals surface area contributed by atoms with Crippen LogP contribution in [0.4, 0.5) is 0 Å². The summed E-state index contributed by atoms with van der Waals surface area (Å²) in [6, 6.07) is 3.12. The number of benzene rings is 1. The van der Waals surface area contributed by atoms with Gasteiger partial charge in [-0.1, -0.05) is 0 Å². The minimum Gasteiger partial charge on any atom is -0.504 e. The third-order valence-corrected chi connectivity index (χ3v) is 2.04. The largest absolute Gasteiger partial charge is 0.504 e. The molecule has 0 aliphatic carbocycles. The van der Waals surface area contributed by atoms with Gasteiger partial charge in [0, 0.05) is 0 Å². The van der Waals surface area contributed by atoms with Crippen molar-refractivity contribution in [3.05, 3.63) is 17.7 Å². The van der Waals surface area contributed by atoms with E-state index in [2.05, 4.69) is 0 Å². The fraction of sp³-hybridized carbons (Fsp3) is 0.455. The SMILES string of the molecule is CCOc1cc(C(C)O)cc(O)c1OC. The Morgan fingerprint density at radius 2 is 2.07 bits per heavy atom. The van der Waals surface area contributed by atoms with Crippen LogP contribution in [0.15, 0.2) is 12.1 Å². The molecule has 0 heterocycles. The second-order valence-electron chi connectivity index (χ2n) is 3.18. The molecule has 0 saturated heterocycles. The van der Waals surface area contributed by atoms with Gasteiger partial charge in [0.2, 0.25) is 5.75 Å². The second-order valence-corrected chi connectivity index (χ2v) is 3.18. The molecule has 0 aliphatic rings. The van der Waals surface area contributed by atoms with Crippen LogP contribution in [0.1, 0.15) is 25.5 Å². The highest BCUT2D eigenvalue weighted by Crippen LogP contribution is 2.39. The van der Waals surface area contributed by atoms with Gasteiger partial charge in [-0.15, -0.1) is 0 Å². The number of rotatable bonds is 4. The maximum Gasteiger partial charge on any atom is 0.203 e. The topological polar surface area (TPSA) is 58.9 Å². The average Bonchev–Trinajstić information content (AvgIpc) is 2.17. The Morgan fingerprint density at radius 1 is 1.40 bits per heavy atom. The first-order valence-corrected chi connectivity index (χ1v) is 4.81. The lowest BCUT2D eigenvalue weighted by molar-refractivity contribution is 0.197. The summed E-state index contributed by atoms with van der Waals surface area (Å²) in [5.74, 6) is 0.705. The summed E-state index contributed by atoms with van der Waals surface area (Å²) in [5.41, 5.74) is 0.594. The predicted octanol–water partition coefficient (Wildman–Crippen LogP) is 1.85. The van der Waals surface area contributed by atoms with E-state index in [1.54, 1.807) is 13.0 Å². The lowest BCUT2D eigenvalue weighted by Gasteiger charge is -2.14. The zero-order chi connectivity index (χ0) is 11.4. The molecule has 4 nitrogen and oxygen atoms in total. The molecule has 0 spiro atoms. The van der Waals surface area contributed by atoms with Crippen LogP contribution in [-0.2, 0) is 0 Å². The number of phenols is 1. The van der Waals surface area contributed by atoms with Crippen LogP contribution < -0.4 is 9.47 Å². The molecule has 15 heavy (non-hydrogen) atoms. The first kappa shape index (κ1) is 11.7. The van der Waals surface area contributed by atoms with Gasteiger partial charge in [0.1, 0.15) is 0 Å². The minimum absolute atomic E-state index is 0.0284. The summed E-state index contributed by atoms with van der Waals surface area (Å²) in [4.78, 5) is 0. The van der Waals surface area contributed by atoms with E-state index in [-0.39, 0.29) is 5.75 Å². The minimum atomic E-state index is -0.652. The quantitative estimate of drug-likeness (QED) is 0.799. The van der Waals surface area contributed by atoms with Crippen molar-refractivity contribution in [2.24, 2.45) is 0 Å². The van der Waals surface area contributed by atoms with E-state index in [0.717, 1.165) is 0 Å². The lowest BCUT2D eigenvalue weighted by Crippen LogP contribution is -1.99. The van der Waals surface area contributed by atoms with Crippen molar-refractivity contribution < 1.29 is 19.7 Å². The van der Waals surface area contributed by atoms with Gasteiger partial charge in [-0.05, 0) is 31.5 Å². The van der Waals surface area contributed by atoms with E-state index in [1.165, 1.54) is 13.2 Å². The standard InChI is InChI=1S/C11H16O4/c1-4-15-10-6-8(7(2)12)5-9(13)11(10)14-3/h5-7,12-13H,4H2,1-3H3. The molecular weight excluding hydrogens is 196 g/mol. The highest BCUT2D eigenvalue weighted by Gasteiger charge is 2.14. The number of phenolic OH excluding ortho intramolecular Hbond substituents is 1. The van der Waals surface area contributed by atoms with Crippen LogP contribution in [0, 0.1) is 0 Å². The predicted molar refractivity (Wildman–Crippen MR) is 56.5 cm³/mol. The average molecular weight is 212 g/mol. The van der Waals surface area contributed by atoms with E-state index in [9.17, 15) is 10.2 Å². The van der Waals surface area contributed by atoms with Crippen molar-refractivity contribution in [3.63, 3.8) is 0 Å². The molecule has 1 aromatic rings. The maximum absolute atomic E-state index is 9.63. The summed E-state index contributed by atoms with van der Waals surface area (Å²) in [6.07, 6.45) is -0.652. The molecular formula is C11H16O4. The second kappa shape index (κ2) is 4.89. The Kier molecular flexibility index (Phi) is 3.80. The molecule has 1 unspecified atom stereocenters. The molecule has 0 amide bonds. The van der Waals surface area contributed by atoms with Crippen molar-refractivity contribution in [1.82, 2.24) is 0 Å². The summed E-state index contributed by atoms with van der Waals surface area (Å²) >= 11 is 0. The number of aliphatic hydroxyl groups is 1. The Hall–Kier alpha value is -1.42. The summed E-state index contributed by atoms with van der Waals surface area (Å²) in [5, 5.41) is 19.0. The number of methoxy groups -OCH3 is 1. The van der Waals surface area contributed by atoms with Gasteiger partial charge in [-0.25, -0.2) is 0 Å². The van der Waals surface area contributed by atoms with E-state index in [0.29, 0.717) is 23.7 Å². The number of hydrogen-bond donors (Lipinski definition) is 2. The molecule has 0 fully saturated rings. The first-order valence-electron chi connectivity index (χ1n) is 4.81. The van der Waals surface area contributed by atoms with Crippen LogP contribution >= 0.6 is 0 Å². The Morgan fingerprint density at radius 3 is 2.53 bits per heavy atom. The normalized spacial score (nSPS) is 12.3. The van der Waals surface area contributed by atoms with Crippen molar-refractivity contribution in [2.45, 2.75) is 20.0 Å². The Bertz CT molecular complexity index is 334. The Labute approximate surface area is 89.1 Å². The van der Waals surface area contributed by atoms with Crippen molar-refractivity contribution in [2.75, 3.05) is 13.7 Å². The van der Waals surface area contributed by atoms with Crippen LogP contribution in [0.2, 0.25) is 0 Å². The molecule has 0 bridgehead atoms. The van der Waals surface area contributed by atoms with Crippen molar-refractivity contribution >= 4 is 0 Å². The van der Waals surface area contributed by atoms with Gasteiger partial charge in [0.15, 0.2) is 11.5 Å². The molecule has 4 heteroatoms. The van der Waals surface area contributed by atoms with E-state index in [1.807, 2.05) is 6.92 Å². The molecule has 2 N–H and O–H groups in total. The first-order chi connectivity index (χ1) is 7.10. The van der Waals surface area contributed by atoms with Gasteiger partial charge in [-0.2, -0.15) is 0 Å². The molecule has 0 saturated carbocycles. The summed E-state index contributed by atoms with van der Waals surface area (Å²) < 4.78 is 10.3. The monoisotopic (exact) mass is 212 g/mol. The molecule has 1 atom stereocenters. The summed E-state index contributed by atoms with van der Waals surface area (Å²) in [6.45, 7) is 3.93. The van der Waals surface area contributed by atoms with Gasteiger partial charge in [0.05, 0.1) is 19.8 Å². The third kappa shape index (κ3) is 2.53. The molecule has 1 rings (SSSR count). The Balaban J connectivity index is 3.19. The highest BCUT2D eigenvalue weighted by atomic mass is 16.5. The lowest BCUT2D eigenvalue weighted by atomic mass is 10.1. The molecule has 0 aliphatic heterocycles. The van der Waals surface area contributed by atoms with E-state index >= 15 is 0 Å². The van der Waals surface area contributed by atoms with Crippen LogP contribution in [-0.4, -0.2) is 23.9 Å². The van der Waals surface area contributed by atoms with Gasteiger partial charge in [0.25, 0.3) is 0 Å².